The molecule has 0 fully saturated rings. The maximum atomic E-state index is 11.4. The summed E-state index contributed by atoms with van der Waals surface area (Å²) in [5.41, 5.74) is -0.0264. The summed E-state index contributed by atoms with van der Waals surface area (Å²) in [5, 5.41) is 28.5. The third-order valence-electron chi connectivity index (χ3n) is 3.23. The van der Waals surface area contributed by atoms with Crippen LogP contribution in [-0.2, 0) is 0 Å². The molecule has 0 saturated heterocycles. The smallest absolute Gasteiger partial charge is 0.356 e. The van der Waals surface area contributed by atoms with E-state index in [4.69, 9.17) is 0 Å². The van der Waals surface area contributed by atoms with Gasteiger partial charge in [-0.1, -0.05) is 18.2 Å². The summed E-state index contributed by atoms with van der Waals surface area (Å²) in [7, 11) is 0. The quantitative estimate of drug-likeness (QED) is 0.682. The molecule has 7 nitrogen and oxygen atoms in total. The van der Waals surface area contributed by atoms with Crippen molar-refractivity contribution in [2.75, 3.05) is 0 Å². The Hall–Kier alpha value is -3.35. The Morgan fingerprint density at radius 1 is 0.955 bits per heavy atom. The lowest BCUT2D eigenvalue weighted by atomic mass is 10.2. The number of phenolic OH excluding ortho intramolecular Hbond substituents is 1. The molecule has 0 radical (unpaired) electrons. The fraction of sp³-hybridized carbons (Fsp3) is 0. The number of benzene rings is 1. The van der Waals surface area contributed by atoms with E-state index in [1.54, 1.807) is 12.1 Å². The number of aromatic hydroxyl groups is 1. The lowest BCUT2D eigenvalue weighted by Gasteiger charge is -2.06. The number of carboxylic acid groups (broad SMARTS) is 2. The Kier molecular flexibility index (Phi) is 3.03. The highest BCUT2D eigenvalue weighted by molar-refractivity contribution is 5.97. The van der Waals surface area contributed by atoms with Crippen LogP contribution in [0.3, 0.4) is 0 Å². The van der Waals surface area contributed by atoms with Crippen LogP contribution in [0.1, 0.15) is 21.0 Å². The fourth-order valence-corrected chi connectivity index (χ4v) is 2.30. The minimum atomic E-state index is -1.28. The van der Waals surface area contributed by atoms with Gasteiger partial charge in [-0.2, -0.15) is 0 Å². The van der Waals surface area contributed by atoms with Crippen molar-refractivity contribution >= 4 is 17.5 Å². The van der Waals surface area contributed by atoms with E-state index in [2.05, 4.69) is 4.98 Å². The highest BCUT2D eigenvalue weighted by Crippen LogP contribution is 2.30. The van der Waals surface area contributed by atoms with E-state index in [0.717, 1.165) is 0 Å². The van der Waals surface area contributed by atoms with Crippen LogP contribution in [0.2, 0.25) is 0 Å². The van der Waals surface area contributed by atoms with Crippen molar-refractivity contribution in [3.63, 3.8) is 0 Å². The molecular formula is C15H10N2O5. The number of rotatable bonds is 3. The van der Waals surface area contributed by atoms with Gasteiger partial charge in [0.15, 0.2) is 5.69 Å². The number of nitrogens with zero attached hydrogens (tertiary/aromatic N) is 2. The second kappa shape index (κ2) is 4.88. The zero-order valence-corrected chi connectivity index (χ0v) is 11.1. The first-order valence-corrected chi connectivity index (χ1v) is 6.27. The number of para-hydroxylation sites is 1. The van der Waals surface area contributed by atoms with E-state index in [0.29, 0.717) is 0 Å². The van der Waals surface area contributed by atoms with Gasteiger partial charge in [-0.05, 0) is 24.3 Å². The molecule has 0 saturated carbocycles. The van der Waals surface area contributed by atoms with Crippen molar-refractivity contribution in [1.82, 2.24) is 9.38 Å². The summed E-state index contributed by atoms with van der Waals surface area (Å²) >= 11 is 0. The SMILES string of the molecule is O=C(O)c1nc(-c2ccccc2O)n2c(C(=O)O)cccc12. The summed E-state index contributed by atoms with van der Waals surface area (Å²) in [6, 6.07) is 10.4. The predicted octanol–water partition coefficient (Wildman–Crippen LogP) is 2.10. The largest absolute Gasteiger partial charge is 0.507 e. The van der Waals surface area contributed by atoms with Gasteiger partial charge in [-0.15, -0.1) is 0 Å². The van der Waals surface area contributed by atoms with Crippen molar-refractivity contribution in [2.24, 2.45) is 0 Å². The highest BCUT2D eigenvalue weighted by Gasteiger charge is 2.22. The minimum Gasteiger partial charge on any atom is -0.507 e. The topological polar surface area (TPSA) is 112 Å². The van der Waals surface area contributed by atoms with Crippen LogP contribution in [-0.4, -0.2) is 36.6 Å². The van der Waals surface area contributed by atoms with E-state index in [9.17, 15) is 24.9 Å². The molecule has 0 unspecified atom stereocenters. The van der Waals surface area contributed by atoms with Gasteiger partial charge in [0, 0.05) is 0 Å². The Balaban J connectivity index is 2.47. The summed E-state index contributed by atoms with van der Waals surface area (Å²) < 4.78 is 1.21. The molecule has 110 valence electrons. The molecule has 1 aromatic carbocycles. The summed E-state index contributed by atoms with van der Waals surface area (Å²) in [6.45, 7) is 0. The van der Waals surface area contributed by atoms with Gasteiger partial charge in [-0.3, -0.25) is 4.40 Å². The van der Waals surface area contributed by atoms with E-state index in [1.807, 2.05) is 0 Å². The van der Waals surface area contributed by atoms with E-state index < -0.39 is 11.9 Å². The maximum Gasteiger partial charge on any atom is 0.356 e. The molecule has 0 spiro atoms. The summed E-state index contributed by atoms with van der Waals surface area (Å²) in [5.74, 6) is -2.56. The van der Waals surface area contributed by atoms with Crippen LogP contribution >= 0.6 is 0 Å². The van der Waals surface area contributed by atoms with Crippen molar-refractivity contribution in [3.8, 4) is 17.1 Å². The number of hydrogen-bond acceptors (Lipinski definition) is 4. The lowest BCUT2D eigenvalue weighted by molar-refractivity contribution is 0.0678. The molecule has 2 heterocycles. The number of aromatic carboxylic acids is 2. The number of fused-ring (bicyclic) bond motifs is 1. The third-order valence-corrected chi connectivity index (χ3v) is 3.23. The average Bonchev–Trinajstić information content (AvgIpc) is 2.87. The Bertz CT molecular complexity index is 913. The number of phenols is 1. The average molecular weight is 298 g/mol. The van der Waals surface area contributed by atoms with Gasteiger partial charge >= 0.3 is 11.9 Å². The van der Waals surface area contributed by atoms with Crippen LogP contribution in [0.5, 0.6) is 5.75 Å². The first kappa shape index (κ1) is 13.6. The molecular weight excluding hydrogens is 288 g/mol. The van der Waals surface area contributed by atoms with Crippen LogP contribution in [0, 0.1) is 0 Å². The number of pyridine rings is 1. The molecule has 0 aliphatic rings. The monoisotopic (exact) mass is 298 g/mol. The van der Waals surface area contributed by atoms with Gasteiger partial charge < -0.3 is 15.3 Å². The molecule has 22 heavy (non-hydrogen) atoms. The summed E-state index contributed by atoms with van der Waals surface area (Å²) in [4.78, 5) is 26.7. The molecule has 0 aliphatic heterocycles. The Morgan fingerprint density at radius 3 is 2.32 bits per heavy atom. The van der Waals surface area contributed by atoms with Gasteiger partial charge in [0.25, 0.3) is 0 Å². The first-order valence-electron chi connectivity index (χ1n) is 6.27. The van der Waals surface area contributed by atoms with Gasteiger partial charge in [0.1, 0.15) is 17.3 Å². The van der Waals surface area contributed by atoms with Gasteiger partial charge in [-0.25, -0.2) is 14.6 Å². The van der Waals surface area contributed by atoms with Gasteiger partial charge in [0.2, 0.25) is 0 Å². The van der Waals surface area contributed by atoms with Crippen LogP contribution in [0.4, 0.5) is 0 Å². The molecule has 0 bridgehead atoms. The van der Waals surface area contributed by atoms with Crippen molar-refractivity contribution < 1.29 is 24.9 Å². The number of hydrogen-bond donors (Lipinski definition) is 3. The second-order valence-corrected chi connectivity index (χ2v) is 4.54. The number of carboxylic acids is 2. The van der Waals surface area contributed by atoms with Crippen LogP contribution in [0.25, 0.3) is 16.9 Å². The Morgan fingerprint density at radius 2 is 1.68 bits per heavy atom. The molecule has 2 aromatic heterocycles. The Labute approximate surface area is 123 Å². The first-order chi connectivity index (χ1) is 10.5. The maximum absolute atomic E-state index is 11.4. The lowest BCUT2D eigenvalue weighted by Crippen LogP contribution is -2.06. The number of imidazole rings is 1. The normalized spacial score (nSPS) is 10.7. The third kappa shape index (κ3) is 1.96. The molecule has 3 aromatic rings. The van der Waals surface area contributed by atoms with Gasteiger partial charge in [0.05, 0.1) is 11.1 Å². The van der Waals surface area contributed by atoms with Crippen LogP contribution < -0.4 is 0 Å². The second-order valence-electron chi connectivity index (χ2n) is 4.54. The van der Waals surface area contributed by atoms with Crippen molar-refractivity contribution in [1.29, 1.82) is 0 Å². The molecule has 0 aliphatic carbocycles. The molecule has 0 amide bonds. The highest BCUT2D eigenvalue weighted by atomic mass is 16.4. The minimum absolute atomic E-state index is 0.0588. The predicted molar refractivity (Wildman–Crippen MR) is 76.2 cm³/mol. The molecule has 3 N–H and O–H groups in total. The zero-order valence-electron chi connectivity index (χ0n) is 11.1. The zero-order chi connectivity index (χ0) is 15.9. The van der Waals surface area contributed by atoms with E-state index >= 15 is 0 Å². The standard InChI is InChI=1S/C15H10N2O5/c18-11-7-2-1-4-8(11)13-16-12(15(21)22)9-5-3-6-10(14(19)20)17(9)13/h1-7,18H,(H,19,20)(H,21,22). The van der Waals surface area contributed by atoms with Crippen LogP contribution in [0.15, 0.2) is 42.5 Å². The van der Waals surface area contributed by atoms with E-state index in [1.165, 1.54) is 34.7 Å². The summed E-state index contributed by atoms with van der Waals surface area (Å²) in [6.07, 6.45) is 0. The molecule has 7 heteroatoms. The number of aromatic nitrogens is 2. The fourth-order valence-electron chi connectivity index (χ4n) is 2.30. The molecule has 0 atom stereocenters. The molecule has 3 rings (SSSR count). The number of carbonyl (C=O) groups is 2. The van der Waals surface area contributed by atoms with E-state index in [-0.39, 0.29) is 34.0 Å². The van der Waals surface area contributed by atoms with Crippen molar-refractivity contribution in [3.05, 3.63) is 53.9 Å². The van der Waals surface area contributed by atoms with Crippen molar-refractivity contribution in [2.45, 2.75) is 0 Å².